The molecule has 0 amide bonds. The van der Waals surface area contributed by atoms with Crippen LogP contribution in [0.15, 0.2) is 36.4 Å². The summed E-state index contributed by atoms with van der Waals surface area (Å²) in [6.07, 6.45) is 0.621. The van der Waals surface area contributed by atoms with Gasteiger partial charge >= 0.3 is 0 Å². The van der Waals surface area contributed by atoms with Crippen LogP contribution in [-0.4, -0.2) is 0 Å². The van der Waals surface area contributed by atoms with E-state index in [-0.39, 0.29) is 6.04 Å². The first-order chi connectivity index (χ1) is 8.99. The lowest BCUT2D eigenvalue weighted by Gasteiger charge is -2.14. The molecule has 0 bridgehead atoms. The third-order valence-electron chi connectivity index (χ3n) is 2.84. The van der Waals surface area contributed by atoms with Gasteiger partial charge < -0.3 is 5.73 Å². The van der Waals surface area contributed by atoms with Crippen molar-refractivity contribution in [2.45, 2.75) is 12.5 Å². The summed E-state index contributed by atoms with van der Waals surface area (Å²) in [5.74, 6) is 0. The maximum Gasteiger partial charge on any atom is 0.0624 e. The molecule has 1 unspecified atom stereocenters. The first kappa shape index (κ1) is 15.4. The normalized spacial score (nSPS) is 12.5. The fraction of sp³-hybridized carbons (Fsp3) is 0.143. The van der Waals surface area contributed by atoms with E-state index in [9.17, 15) is 0 Å². The van der Waals surface area contributed by atoms with Crippen LogP contribution in [-0.2, 0) is 6.42 Å². The van der Waals surface area contributed by atoms with Gasteiger partial charge in [-0.2, -0.15) is 0 Å². The SMILES string of the molecule is NC(Cc1cccc(Cl)c1Cl)c1ccc(I)c(Cl)c1. The highest BCUT2D eigenvalue weighted by molar-refractivity contribution is 14.1. The van der Waals surface area contributed by atoms with Crippen molar-refractivity contribution in [1.29, 1.82) is 0 Å². The number of nitrogens with two attached hydrogens (primary N) is 1. The average Bonchev–Trinajstić information content (AvgIpc) is 2.38. The molecular weight excluding hydrogens is 415 g/mol. The summed E-state index contributed by atoms with van der Waals surface area (Å²) in [5, 5.41) is 1.83. The Balaban J connectivity index is 2.23. The zero-order valence-electron chi connectivity index (χ0n) is 9.84. The van der Waals surface area contributed by atoms with E-state index >= 15 is 0 Å². The molecule has 5 heteroatoms. The molecule has 0 radical (unpaired) electrons. The number of rotatable bonds is 3. The molecule has 0 aliphatic carbocycles. The van der Waals surface area contributed by atoms with Crippen LogP contribution in [0.25, 0.3) is 0 Å². The topological polar surface area (TPSA) is 26.0 Å². The van der Waals surface area contributed by atoms with Gasteiger partial charge in [0.15, 0.2) is 0 Å². The van der Waals surface area contributed by atoms with Crippen molar-refractivity contribution in [1.82, 2.24) is 0 Å². The first-order valence-corrected chi connectivity index (χ1v) is 7.83. The molecule has 0 aliphatic rings. The monoisotopic (exact) mass is 425 g/mol. The Kier molecular flexibility index (Phi) is 5.37. The molecule has 1 nitrogen and oxygen atoms in total. The van der Waals surface area contributed by atoms with E-state index in [4.69, 9.17) is 40.5 Å². The Morgan fingerprint density at radius 2 is 1.79 bits per heavy atom. The van der Waals surface area contributed by atoms with Gasteiger partial charge in [-0.15, -0.1) is 0 Å². The molecule has 0 aromatic heterocycles. The minimum absolute atomic E-state index is 0.162. The van der Waals surface area contributed by atoms with Gasteiger partial charge in [-0.1, -0.05) is 53.0 Å². The van der Waals surface area contributed by atoms with Crippen LogP contribution < -0.4 is 5.73 Å². The summed E-state index contributed by atoms with van der Waals surface area (Å²) in [6, 6.07) is 11.2. The summed E-state index contributed by atoms with van der Waals surface area (Å²) < 4.78 is 1.01. The molecule has 2 aromatic carbocycles. The maximum absolute atomic E-state index is 6.20. The van der Waals surface area contributed by atoms with Crippen molar-refractivity contribution in [3.05, 3.63) is 66.2 Å². The number of hydrogen-bond acceptors (Lipinski definition) is 1. The van der Waals surface area contributed by atoms with Crippen LogP contribution in [0.4, 0.5) is 0 Å². The van der Waals surface area contributed by atoms with Crippen LogP contribution >= 0.6 is 57.4 Å². The predicted octanol–water partition coefficient (Wildman–Crippen LogP) is 5.49. The van der Waals surface area contributed by atoms with Gasteiger partial charge in [-0.25, -0.2) is 0 Å². The van der Waals surface area contributed by atoms with Crippen LogP contribution in [0, 0.1) is 3.57 Å². The van der Waals surface area contributed by atoms with Crippen molar-refractivity contribution >= 4 is 57.4 Å². The zero-order valence-corrected chi connectivity index (χ0v) is 14.3. The second-order valence-corrected chi connectivity index (χ2v) is 6.55. The predicted molar refractivity (Wildman–Crippen MR) is 91.3 cm³/mol. The van der Waals surface area contributed by atoms with Gasteiger partial charge in [0.1, 0.15) is 0 Å². The Morgan fingerprint density at radius 3 is 2.47 bits per heavy atom. The lowest BCUT2D eigenvalue weighted by atomic mass is 10.00. The average molecular weight is 427 g/mol. The molecule has 0 heterocycles. The molecule has 0 spiro atoms. The van der Waals surface area contributed by atoms with Gasteiger partial charge in [0, 0.05) is 9.61 Å². The highest BCUT2D eigenvalue weighted by atomic mass is 127. The van der Waals surface area contributed by atoms with Crippen LogP contribution in [0.1, 0.15) is 17.2 Å². The van der Waals surface area contributed by atoms with E-state index in [0.717, 1.165) is 14.7 Å². The number of halogens is 4. The van der Waals surface area contributed by atoms with E-state index in [1.54, 1.807) is 6.07 Å². The summed E-state index contributed by atoms with van der Waals surface area (Å²) >= 11 is 20.5. The van der Waals surface area contributed by atoms with Crippen molar-refractivity contribution < 1.29 is 0 Å². The Bertz CT molecular complexity index is 601. The van der Waals surface area contributed by atoms with E-state index in [1.165, 1.54) is 0 Å². The van der Waals surface area contributed by atoms with Crippen molar-refractivity contribution in [3.8, 4) is 0 Å². The highest BCUT2D eigenvalue weighted by Crippen LogP contribution is 2.29. The fourth-order valence-corrected chi connectivity index (χ4v) is 2.73. The molecular formula is C14H11Cl3IN. The molecule has 19 heavy (non-hydrogen) atoms. The first-order valence-electron chi connectivity index (χ1n) is 5.62. The van der Waals surface area contributed by atoms with Gasteiger partial charge in [-0.3, -0.25) is 0 Å². The van der Waals surface area contributed by atoms with Gasteiger partial charge in [0.05, 0.1) is 15.1 Å². The molecule has 2 aromatic rings. The van der Waals surface area contributed by atoms with Crippen molar-refractivity contribution in [2.75, 3.05) is 0 Å². The molecule has 0 fully saturated rings. The van der Waals surface area contributed by atoms with Crippen LogP contribution in [0.2, 0.25) is 15.1 Å². The zero-order chi connectivity index (χ0) is 14.0. The minimum Gasteiger partial charge on any atom is -0.324 e. The Hall–Kier alpha value is -0.0000000000000000555. The minimum atomic E-state index is -0.162. The van der Waals surface area contributed by atoms with Crippen molar-refractivity contribution in [3.63, 3.8) is 0 Å². The molecule has 2 N–H and O–H groups in total. The smallest absolute Gasteiger partial charge is 0.0624 e. The second-order valence-electron chi connectivity index (χ2n) is 4.20. The molecule has 1 atom stereocenters. The quantitative estimate of drug-likeness (QED) is 0.645. The molecule has 100 valence electrons. The summed E-state index contributed by atoms with van der Waals surface area (Å²) in [7, 11) is 0. The van der Waals surface area contributed by atoms with E-state index in [0.29, 0.717) is 21.5 Å². The molecule has 0 aliphatic heterocycles. The van der Waals surface area contributed by atoms with Gasteiger partial charge in [0.2, 0.25) is 0 Å². The van der Waals surface area contributed by atoms with E-state index < -0.39 is 0 Å². The third kappa shape index (κ3) is 3.76. The largest absolute Gasteiger partial charge is 0.324 e. The maximum atomic E-state index is 6.20. The Morgan fingerprint density at radius 1 is 1.05 bits per heavy atom. The summed E-state index contributed by atoms with van der Waals surface area (Å²) in [4.78, 5) is 0. The number of hydrogen-bond donors (Lipinski definition) is 1. The van der Waals surface area contributed by atoms with Crippen molar-refractivity contribution in [2.24, 2.45) is 5.73 Å². The molecule has 2 rings (SSSR count). The van der Waals surface area contributed by atoms with Gasteiger partial charge in [-0.05, 0) is 58.3 Å². The summed E-state index contributed by atoms with van der Waals surface area (Å²) in [5.41, 5.74) is 8.13. The fourth-order valence-electron chi connectivity index (χ4n) is 1.80. The van der Waals surface area contributed by atoms with E-state index in [2.05, 4.69) is 22.6 Å². The van der Waals surface area contributed by atoms with Crippen LogP contribution in [0.3, 0.4) is 0 Å². The lowest BCUT2D eigenvalue weighted by Crippen LogP contribution is -2.13. The molecule has 0 saturated carbocycles. The lowest BCUT2D eigenvalue weighted by molar-refractivity contribution is 0.722. The third-order valence-corrected chi connectivity index (χ3v) is 5.27. The molecule has 0 saturated heterocycles. The van der Waals surface area contributed by atoms with Crippen LogP contribution in [0.5, 0.6) is 0 Å². The van der Waals surface area contributed by atoms with E-state index in [1.807, 2.05) is 30.3 Å². The summed E-state index contributed by atoms with van der Waals surface area (Å²) in [6.45, 7) is 0. The number of benzene rings is 2. The Labute approximate surface area is 141 Å². The highest BCUT2D eigenvalue weighted by Gasteiger charge is 2.12. The second kappa shape index (κ2) is 6.64. The van der Waals surface area contributed by atoms with Gasteiger partial charge in [0.25, 0.3) is 0 Å². The standard InChI is InChI=1S/C14H11Cl3IN/c15-10-3-1-2-9(14(10)17)7-13(19)8-4-5-12(18)11(16)6-8/h1-6,13H,7,19H2.